The van der Waals surface area contributed by atoms with Crippen LogP contribution in [0.1, 0.15) is 11.5 Å². The largest absolute Gasteiger partial charge is 0.241 e. The lowest BCUT2D eigenvalue weighted by molar-refractivity contribution is 0.585. The molecule has 18 heavy (non-hydrogen) atoms. The Balaban J connectivity index is 3.29. The third-order valence-corrected chi connectivity index (χ3v) is 3.91. The molecule has 1 aromatic carbocycles. The number of allylic oxidation sites excluding steroid dienone is 2. The molecule has 0 atom stereocenters. The molecule has 0 heterocycles. The highest BCUT2D eigenvalue weighted by Crippen LogP contribution is 2.25. The highest BCUT2D eigenvalue weighted by atomic mass is 32.2. The lowest BCUT2D eigenvalue weighted by atomic mass is 10.00. The van der Waals surface area contributed by atoms with Crippen molar-refractivity contribution < 1.29 is 8.42 Å². The lowest BCUT2D eigenvalue weighted by Crippen LogP contribution is -2.25. The van der Waals surface area contributed by atoms with Crippen molar-refractivity contribution in [3.8, 4) is 12.3 Å². The summed E-state index contributed by atoms with van der Waals surface area (Å²) in [4.78, 5) is 0.199. The van der Waals surface area contributed by atoms with Crippen LogP contribution in [-0.4, -0.2) is 15.0 Å². The minimum absolute atomic E-state index is 0.0382. The second-order valence-corrected chi connectivity index (χ2v) is 5.30. The highest BCUT2D eigenvalue weighted by molar-refractivity contribution is 7.89. The first-order valence-electron chi connectivity index (χ1n) is 5.34. The fourth-order valence-corrected chi connectivity index (χ4v) is 2.77. The van der Waals surface area contributed by atoms with E-state index < -0.39 is 10.0 Å². The van der Waals surface area contributed by atoms with Crippen LogP contribution in [0.15, 0.2) is 54.5 Å². The molecule has 0 radical (unpaired) electrons. The maximum Gasteiger partial charge on any atom is 0.241 e. The Morgan fingerprint density at radius 1 is 1.33 bits per heavy atom. The van der Waals surface area contributed by atoms with E-state index in [9.17, 15) is 8.42 Å². The van der Waals surface area contributed by atoms with Gasteiger partial charge in [0.2, 0.25) is 10.0 Å². The van der Waals surface area contributed by atoms with Crippen LogP contribution in [-0.2, 0) is 10.0 Å². The summed E-state index contributed by atoms with van der Waals surface area (Å²) < 4.78 is 26.5. The summed E-state index contributed by atoms with van der Waals surface area (Å²) in [5.74, 6) is 2.02. The van der Waals surface area contributed by atoms with Gasteiger partial charge in [-0.05, 0) is 11.6 Å². The number of sulfonamides is 1. The van der Waals surface area contributed by atoms with Gasteiger partial charge >= 0.3 is 0 Å². The van der Waals surface area contributed by atoms with E-state index in [1.54, 1.807) is 30.4 Å². The van der Waals surface area contributed by atoms with Gasteiger partial charge in [0.05, 0.1) is 11.4 Å². The Hall–Kier alpha value is -1.83. The molecule has 0 aromatic heterocycles. The van der Waals surface area contributed by atoms with E-state index in [2.05, 4.69) is 23.8 Å². The maximum atomic E-state index is 12.1. The van der Waals surface area contributed by atoms with Crippen LogP contribution in [0.4, 0.5) is 0 Å². The zero-order valence-electron chi connectivity index (χ0n) is 9.96. The second-order valence-electron chi connectivity index (χ2n) is 3.56. The molecule has 0 unspecified atom stereocenters. The predicted molar refractivity (Wildman–Crippen MR) is 73.6 cm³/mol. The molecule has 0 bridgehead atoms. The minimum atomic E-state index is -3.61. The van der Waals surface area contributed by atoms with Crippen molar-refractivity contribution in [1.82, 2.24) is 4.72 Å². The van der Waals surface area contributed by atoms with Gasteiger partial charge in [-0.1, -0.05) is 36.3 Å². The standard InChI is InChI=1S/C14H15NO2S/c1-4-11-15-18(16,17)14-10-8-7-9-13(14)12(5-2)6-3/h1,5-10,12,15H,2-3,11H2. The summed E-state index contributed by atoms with van der Waals surface area (Å²) in [5, 5.41) is 0. The molecule has 0 aliphatic carbocycles. The van der Waals surface area contributed by atoms with Crippen LogP contribution in [0.2, 0.25) is 0 Å². The molecule has 0 saturated carbocycles. The topological polar surface area (TPSA) is 46.2 Å². The molecule has 0 fully saturated rings. The first-order chi connectivity index (χ1) is 8.56. The van der Waals surface area contributed by atoms with Gasteiger partial charge in [0.1, 0.15) is 0 Å². The third kappa shape index (κ3) is 3.10. The van der Waals surface area contributed by atoms with Crippen molar-refractivity contribution in [3.05, 3.63) is 55.1 Å². The van der Waals surface area contributed by atoms with Crippen molar-refractivity contribution >= 4 is 10.0 Å². The van der Waals surface area contributed by atoms with Crippen LogP contribution in [0.5, 0.6) is 0 Å². The van der Waals surface area contributed by atoms with Gasteiger partial charge < -0.3 is 0 Å². The van der Waals surface area contributed by atoms with Gasteiger partial charge in [0, 0.05) is 5.92 Å². The number of hydrogen-bond acceptors (Lipinski definition) is 2. The number of rotatable bonds is 6. The molecule has 0 aliphatic rings. The van der Waals surface area contributed by atoms with Gasteiger partial charge in [-0.15, -0.1) is 19.6 Å². The van der Waals surface area contributed by atoms with E-state index in [-0.39, 0.29) is 17.4 Å². The van der Waals surface area contributed by atoms with E-state index in [0.717, 1.165) is 0 Å². The molecule has 94 valence electrons. The lowest BCUT2D eigenvalue weighted by Gasteiger charge is -2.14. The molecule has 1 aromatic rings. The average Bonchev–Trinajstić information content (AvgIpc) is 2.38. The zero-order chi connectivity index (χ0) is 13.6. The molecule has 1 rings (SSSR count). The first kappa shape index (κ1) is 14.2. The van der Waals surface area contributed by atoms with E-state index in [4.69, 9.17) is 6.42 Å². The Labute approximate surface area is 108 Å². The van der Waals surface area contributed by atoms with Gasteiger partial charge in [0.25, 0.3) is 0 Å². The molecular weight excluding hydrogens is 246 g/mol. The quantitative estimate of drug-likeness (QED) is 0.629. The molecule has 4 heteroatoms. The van der Waals surface area contributed by atoms with Crippen LogP contribution in [0.3, 0.4) is 0 Å². The number of nitrogens with one attached hydrogen (secondary N) is 1. The van der Waals surface area contributed by atoms with Crippen molar-refractivity contribution in [2.75, 3.05) is 6.54 Å². The third-order valence-electron chi connectivity index (χ3n) is 2.44. The van der Waals surface area contributed by atoms with Crippen LogP contribution in [0.25, 0.3) is 0 Å². The Bertz CT molecular complexity index is 574. The molecular formula is C14H15NO2S. The van der Waals surface area contributed by atoms with Crippen LogP contribution < -0.4 is 4.72 Å². The van der Waals surface area contributed by atoms with Crippen LogP contribution in [0, 0.1) is 12.3 Å². The molecule has 0 aliphatic heterocycles. The summed E-state index contributed by atoms with van der Waals surface area (Å²) in [5.41, 5.74) is 0.632. The molecule has 0 saturated heterocycles. The van der Waals surface area contributed by atoms with Crippen molar-refractivity contribution in [2.45, 2.75) is 10.8 Å². The monoisotopic (exact) mass is 261 g/mol. The Morgan fingerprint density at radius 2 is 1.94 bits per heavy atom. The van der Waals surface area contributed by atoms with Gasteiger partial charge in [-0.2, -0.15) is 4.72 Å². The smallest absolute Gasteiger partial charge is 0.207 e. The van der Waals surface area contributed by atoms with E-state index >= 15 is 0 Å². The number of hydrogen-bond donors (Lipinski definition) is 1. The summed E-state index contributed by atoms with van der Waals surface area (Å²) in [6, 6.07) is 6.71. The molecule has 0 amide bonds. The fourth-order valence-electron chi connectivity index (χ4n) is 1.57. The fraction of sp³-hybridized carbons (Fsp3) is 0.143. The molecule has 0 spiro atoms. The SMILES string of the molecule is C#CCNS(=O)(=O)c1ccccc1C(C=C)C=C. The summed E-state index contributed by atoms with van der Waals surface area (Å²) in [6.07, 6.45) is 8.34. The van der Waals surface area contributed by atoms with Gasteiger partial charge in [0.15, 0.2) is 0 Å². The number of terminal acetylenes is 1. The van der Waals surface area contributed by atoms with Crippen molar-refractivity contribution in [1.29, 1.82) is 0 Å². The van der Waals surface area contributed by atoms with Gasteiger partial charge in [-0.25, -0.2) is 8.42 Å². The zero-order valence-corrected chi connectivity index (χ0v) is 10.8. The second kappa shape index (κ2) is 6.20. The van der Waals surface area contributed by atoms with E-state index in [1.165, 1.54) is 6.07 Å². The summed E-state index contributed by atoms with van der Waals surface area (Å²) in [7, 11) is -3.61. The maximum absolute atomic E-state index is 12.1. The van der Waals surface area contributed by atoms with Crippen LogP contribution >= 0.6 is 0 Å². The molecule has 3 nitrogen and oxygen atoms in total. The van der Waals surface area contributed by atoms with Crippen molar-refractivity contribution in [2.24, 2.45) is 0 Å². The summed E-state index contributed by atoms with van der Waals surface area (Å²) >= 11 is 0. The number of benzene rings is 1. The Morgan fingerprint density at radius 3 is 2.50 bits per heavy atom. The van der Waals surface area contributed by atoms with E-state index in [0.29, 0.717) is 5.56 Å². The highest BCUT2D eigenvalue weighted by Gasteiger charge is 2.19. The predicted octanol–water partition coefficient (Wildman–Crippen LogP) is 2.05. The normalized spacial score (nSPS) is 10.9. The van der Waals surface area contributed by atoms with E-state index in [1.807, 2.05) is 0 Å². The average molecular weight is 261 g/mol. The van der Waals surface area contributed by atoms with Crippen molar-refractivity contribution in [3.63, 3.8) is 0 Å². The molecule has 1 N–H and O–H groups in total. The Kier molecular flexibility index (Phi) is 4.90. The minimum Gasteiger partial charge on any atom is -0.207 e. The van der Waals surface area contributed by atoms with Gasteiger partial charge in [-0.3, -0.25) is 0 Å². The first-order valence-corrected chi connectivity index (χ1v) is 6.82. The summed E-state index contributed by atoms with van der Waals surface area (Å²) in [6.45, 7) is 7.31.